The van der Waals surface area contributed by atoms with Crippen LogP contribution in [0.4, 0.5) is 5.13 Å². The first-order chi connectivity index (χ1) is 16.7. The number of quaternary nitrogens is 1. The molecule has 0 bridgehead atoms. The number of piperidine rings is 1. The lowest BCUT2D eigenvalue weighted by molar-refractivity contribution is -0.909. The Kier molecular flexibility index (Phi) is 7.47. The largest absolute Gasteiger partial charge is 0.543 e. The average Bonchev–Trinajstić information content (AvgIpc) is 3.25. The minimum absolute atomic E-state index is 0.0651. The van der Waals surface area contributed by atoms with E-state index in [9.17, 15) is 19.5 Å². The van der Waals surface area contributed by atoms with Crippen molar-refractivity contribution < 1.29 is 28.8 Å². The number of aliphatic carboxylic acids is 1. The van der Waals surface area contributed by atoms with Crippen molar-refractivity contribution in [1.82, 2.24) is 15.2 Å². The molecule has 3 N–H and O–H groups in total. The summed E-state index contributed by atoms with van der Waals surface area (Å²) in [4.78, 5) is 48.5. The molecule has 0 aromatic carbocycles. The van der Waals surface area contributed by atoms with Crippen LogP contribution < -0.4 is 16.2 Å². The summed E-state index contributed by atoms with van der Waals surface area (Å²) in [5.74, 6) is -2.10. The quantitative estimate of drug-likeness (QED) is 0.112. The fraction of sp³-hybridized carbons (Fsp3) is 0.500. The lowest BCUT2D eigenvalue weighted by Gasteiger charge is -2.51. The number of aromatic nitrogens is 1. The van der Waals surface area contributed by atoms with Gasteiger partial charge < -0.3 is 30.3 Å². The van der Waals surface area contributed by atoms with Crippen molar-refractivity contribution in [3.63, 3.8) is 0 Å². The second kappa shape index (κ2) is 10.4. The highest BCUT2D eigenvalue weighted by atomic mass is 32.2. The molecule has 2 saturated heterocycles. The summed E-state index contributed by atoms with van der Waals surface area (Å²) in [5, 5.41) is 19.8. The van der Waals surface area contributed by atoms with E-state index in [-0.39, 0.29) is 28.8 Å². The Morgan fingerprint density at radius 1 is 1.43 bits per heavy atom. The number of thioether (sulfide) groups is 1. The van der Waals surface area contributed by atoms with Crippen LogP contribution in [0.5, 0.6) is 0 Å². The van der Waals surface area contributed by atoms with Crippen LogP contribution in [-0.2, 0) is 19.2 Å². The molecule has 35 heavy (non-hydrogen) atoms. The molecular weight excluding hydrogens is 492 g/mol. The third kappa shape index (κ3) is 5.21. The number of thiazole rings is 1. The number of likely N-dealkylation sites (tertiary alicyclic amines) is 1. The molecule has 0 aliphatic carbocycles. The van der Waals surface area contributed by atoms with Gasteiger partial charge in [-0.15, -0.1) is 23.1 Å². The molecule has 2 amide bonds. The highest BCUT2D eigenvalue weighted by molar-refractivity contribution is 8.00. The summed E-state index contributed by atoms with van der Waals surface area (Å²) in [5.41, 5.74) is 6.40. The number of fused-ring (bicyclic) bond motifs is 1. The van der Waals surface area contributed by atoms with Gasteiger partial charge in [0.15, 0.2) is 10.8 Å². The molecule has 1 aromatic heterocycles. The zero-order valence-corrected chi connectivity index (χ0v) is 21.0. The first-order valence-corrected chi connectivity index (χ1v) is 13.2. The molecule has 1 unspecified atom stereocenters. The lowest BCUT2D eigenvalue weighted by atomic mass is 10.0. The van der Waals surface area contributed by atoms with Crippen LogP contribution in [0.2, 0.25) is 0 Å². The Balaban J connectivity index is 1.51. The molecule has 3 aliphatic heterocycles. The van der Waals surface area contributed by atoms with Gasteiger partial charge in [-0.1, -0.05) is 17.8 Å². The van der Waals surface area contributed by atoms with Crippen molar-refractivity contribution in [1.29, 1.82) is 0 Å². The van der Waals surface area contributed by atoms with Crippen molar-refractivity contribution in [3.05, 3.63) is 35.0 Å². The normalized spacial score (nSPS) is 23.9. The van der Waals surface area contributed by atoms with E-state index in [4.69, 9.17) is 10.6 Å². The Labute approximate surface area is 211 Å². The fourth-order valence-electron chi connectivity index (χ4n) is 4.65. The highest BCUT2D eigenvalue weighted by Crippen LogP contribution is 2.41. The number of carbonyl (C=O) groups is 3. The molecule has 188 valence electrons. The molecule has 4 heterocycles. The number of carboxylic acid groups (broad SMARTS) is 1. The molecule has 1 aromatic rings. The van der Waals surface area contributed by atoms with E-state index in [0.29, 0.717) is 17.9 Å². The third-order valence-electron chi connectivity index (χ3n) is 6.32. The number of nitrogens with zero attached hydrogens (tertiary/aromatic N) is 4. The van der Waals surface area contributed by atoms with Gasteiger partial charge in [-0.2, -0.15) is 0 Å². The van der Waals surface area contributed by atoms with E-state index < -0.39 is 29.2 Å². The molecule has 11 nitrogen and oxygen atoms in total. The monoisotopic (exact) mass is 520 g/mol. The standard InChI is InChI=1S/C22H28N6O5S2/c1-3-9-33-26-15(14-12-35-22(23)24-14)18(29)25-16-19(30)27-17(21(31)32)13(11-34-20(16)27)10-28(2)7-5-4-6-8-28/h3,12,16,20H,1,4-11H2,2H3,(H3-,23,24,25,29,31,32)/b26-15-/t16?,20-/m0/s1. The lowest BCUT2D eigenvalue weighted by Crippen LogP contribution is -2.72. The fourth-order valence-corrected chi connectivity index (χ4v) is 6.54. The number of carboxylic acids is 1. The number of rotatable bonds is 9. The van der Waals surface area contributed by atoms with Gasteiger partial charge in [0, 0.05) is 16.7 Å². The van der Waals surface area contributed by atoms with Crippen LogP contribution in [0.25, 0.3) is 0 Å². The molecule has 0 radical (unpaired) electrons. The first-order valence-electron chi connectivity index (χ1n) is 11.3. The minimum atomic E-state index is -1.37. The van der Waals surface area contributed by atoms with Crippen molar-refractivity contribution in [3.8, 4) is 0 Å². The third-order valence-corrected chi connectivity index (χ3v) is 8.34. The van der Waals surface area contributed by atoms with Gasteiger partial charge in [0.2, 0.25) is 0 Å². The molecule has 13 heteroatoms. The maximum atomic E-state index is 13.0. The second-order valence-corrected chi connectivity index (χ2v) is 11.0. The number of likely N-dealkylation sites (N-methyl/N-ethyl adjacent to an activating group) is 1. The maximum absolute atomic E-state index is 13.0. The van der Waals surface area contributed by atoms with Crippen LogP contribution in [0.1, 0.15) is 25.0 Å². The molecule has 4 rings (SSSR count). The van der Waals surface area contributed by atoms with E-state index in [0.717, 1.165) is 41.8 Å². The van der Waals surface area contributed by atoms with E-state index in [1.165, 1.54) is 29.2 Å². The topological polar surface area (TPSA) is 150 Å². The van der Waals surface area contributed by atoms with Gasteiger partial charge in [-0.3, -0.25) is 14.5 Å². The molecule has 2 atom stereocenters. The van der Waals surface area contributed by atoms with Gasteiger partial charge in [-0.25, -0.2) is 4.98 Å². The predicted molar refractivity (Wildman–Crippen MR) is 131 cm³/mol. The molecule has 2 fully saturated rings. The number of anilines is 1. The van der Waals surface area contributed by atoms with Gasteiger partial charge >= 0.3 is 0 Å². The summed E-state index contributed by atoms with van der Waals surface area (Å²) in [6.45, 7) is 6.12. The van der Waals surface area contributed by atoms with Gasteiger partial charge in [0.1, 0.15) is 30.3 Å². The van der Waals surface area contributed by atoms with E-state index >= 15 is 0 Å². The number of β-lactam (4-membered cyclic amide) rings is 1. The number of nitrogen functional groups attached to an aromatic ring is 1. The smallest absolute Gasteiger partial charge is 0.276 e. The van der Waals surface area contributed by atoms with Gasteiger partial charge in [0.25, 0.3) is 11.8 Å². The Morgan fingerprint density at radius 2 is 2.17 bits per heavy atom. The number of nitrogens with one attached hydrogen (secondary N) is 1. The first kappa shape index (κ1) is 25.2. The Morgan fingerprint density at radius 3 is 2.80 bits per heavy atom. The summed E-state index contributed by atoms with van der Waals surface area (Å²) in [6.07, 6.45) is 4.85. The number of hydrogen-bond donors (Lipinski definition) is 2. The van der Waals surface area contributed by atoms with E-state index in [1.807, 2.05) is 0 Å². The van der Waals surface area contributed by atoms with Crippen LogP contribution in [-0.4, -0.2) is 88.3 Å². The number of nitrogens with two attached hydrogens (primary N) is 1. The second-order valence-electron chi connectivity index (χ2n) is 8.98. The van der Waals surface area contributed by atoms with E-state index in [2.05, 4.69) is 29.1 Å². The number of hydrogen-bond acceptors (Lipinski definition) is 10. The van der Waals surface area contributed by atoms with E-state index in [1.54, 1.807) is 5.38 Å². The average molecular weight is 521 g/mol. The predicted octanol–water partition coefficient (Wildman–Crippen LogP) is -0.334. The Hall–Kier alpha value is -2.90. The van der Waals surface area contributed by atoms with Crippen LogP contribution in [0.15, 0.2) is 34.5 Å². The zero-order chi connectivity index (χ0) is 25.2. The summed E-state index contributed by atoms with van der Waals surface area (Å²) in [6, 6.07) is -0.913. The van der Waals surface area contributed by atoms with Crippen molar-refractivity contribution in [2.45, 2.75) is 30.7 Å². The molecule has 3 aliphatic rings. The molecule has 0 saturated carbocycles. The highest BCUT2D eigenvalue weighted by Gasteiger charge is 2.53. The number of carbonyl (C=O) groups excluding carboxylic acids is 3. The summed E-state index contributed by atoms with van der Waals surface area (Å²) < 4.78 is 0.751. The molecule has 0 spiro atoms. The summed E-state index contributed by atoms with van der Waals surface area (Å²) >= 11 is 2.57. The zero-order valence-electron chi connectivity index (χ0n) is 19.4. The number of oxime groups is 1. The van der Waals surface area contributed by atoms with Crippen LogP contribution >= 0.6 is 23.1 Å². The molecular formula is C22H28N6O5S2. The van der Waals surface area contributed by atoms with Crippen LogP contribution in [0, 0.1) is 0 Å². The SMILES string of the molecule is C=CCO/N=C(\C(=O)NC1C(=O)N2C(C(=O)[O-])=C(C[N+]3(C)CCCCC3)CS[C@@H]12)c1csc(N)n1. The van der Waals surface area contributed by atoms with Crippen molar-refractivity contribution in [2.24, 2.45) is 5.16 Å². The Bertz CT molecular complexity index is 1090. The van der Waals surface area contributed by atoms with Crippen molar-refractivity contribution >= 4 is 51.7 Å². The maximum Gasteiger partial charge on any atom is 0.276 e. The van der Waals surface area contributed by atoms with Gasteiger partial charge in [0.05, 0.1) is 31.8 Å². The van der Waals surface area contributed by atoms with Gasteiger partial charge in [-0.05, 0) is 19.3 Å². The summed E-state index contributed by atoms with van der Waals surface area (Å²) in [7, 11) is 2.12. The number of amides is 2. The minimum Gasteiger partial charge on any atom is -0.543 e. The van der Waals surface area contributed by atoms with Crippen molar-refractivity contribution in [2.75, 3.05) is 44.8 Å². The van der Waals surface area contributed by atoms with Crippen LogP contribution in [0.3, 0.4) is 0 Å².